The third-order valence-electron chi connectivity index (χ3n) is 4.84. The zero-order chi connectivity index (χ0) is 25.7. The molecule has 1 aliphatic rings. The highest BCUT2D eigenvalue weighted by molar-refractivity contribution is 6.15. The summed E-state index contributed by atoms with van der Waals surface area (Å²) in [5.41, 5.74) is 6.35. The Hall–Kier alpha value is -4.42. The van der Waals surface area contributed by atoms with Crippen molar-refractivity contribution in [2.75, 3.05) is 5.73 Å². The van der Waals surface area contributed by atoms with Gasteiger partial charge < -0.3 is 26.6 Å². The van der Waals surface area contributed by atoms with Crippen LogP contribution in [0.25, 0.3) is 6.08 Å². The summed E-state index contributed by atoms with van der Waals surface area (Å²) < 4.78 is 0. The molecule has 1 fully saturated rings. The van der Waals surface area contributed by atoms with Crippen LogP contribution in [0.15, 0.2) is 30.0 Å². The first-order valence-corrected chi connectivity index (χ1v) is 10.1. The van der Waals surface area contributed by atoms with Gasteiger partial charge in [0.05, 0.1) is 6.42 Å². The molecule has 0 spiro atoms. The van der Waals surface area contributed by atoms with Crippen molar-refractivity contribution in [1.29, 1.82) is 0 Å². The first kappa shape index (κ1) is 25.8. The van der Waals surface area contributed by atoms with E-state index < -0.39 is 60.1 Å². The summed E-state index contributed by atoms with van der Waals surface area (Å²) in [5.74, 6) is -6.64. The van der Waals surface area contributed by atoms with Gasteiger partial charge in [0.1, 0.15) is 17.8 Å². The highest BCUT2D eigenvalue weighted by Crippen LogP contribution is 2.21. The molecule has 0 aromatic heterocycles. The van der Waals surface area contributed by atoms with Crippen LogP contribution in [0.4, 0.5) is 10.5 Å². The lowest BCUT2D eigenvalue weighted by Crippen LogP contribution is -2.61. The molecule has 0 unspecified atom stereocenters. The summed E-state index contributed by atoms with van der Waals surface area (Å²) in [6, 6.07) is 1.89. The lowest BCUT2D eigenvalue weighted by molar-refractivity contribution is -0.163. The number of carbonyl (C=O) groups excluding carboxylic acids is 4. The second-order valence-corrected chi connectivity index (χ2v) is 7.82. The summed E-state index contributed by atoms with van der Waals surface area (Å²) in [4.78, 5) is 73.8. The van der Waals surface area contributed by atoms with Gasteiger partial charge in [-0.15, -0.1) is 0 Å². The zero-order valence-corrected chi connectivity index (χ0v) is 18.6. The lowest BCUT2D eigenvalue weighted by Gasteiger charge is -2.34. The van der Waals surface area contributed by atoms with Gasteiger partial charge >= 0.3 is 18.0 Å². The molecule has 182 valence electrons. The van der Waals surface area contributed by atoms with Crippen LogP contribution in [0, 0.1) is 5.92 Å². The number of aliphatic carboxylic acids is 2. The Balaban J connectivity index is 2.44. The maximum atomic E-state index is 13.0. The maximum absolute atomic E-state index is 13.0. The number of nitrogens with zero attached hydrogens (tertiary/aromatic N) is 2. The monoisotopic (exact) mass is 475 g/mol. The van der Waals surface area contributed by atoms with Crippen LogP contribution in [0.3, 0.4) is 0 Å². The van der Waals surface area contributed by atoms with Crippen molar-refractivity contribution in [1.82, 2.24) is 20.7 Å². The Morgan fingerprint density at radius 3 is 2.21 bits per heavy atom. The largest absolute Gasteiger partial charge is 0.481 e. The Labute approximate surface area is 194 Å². The minimum atomic E-state index is -1.89. The highest BCUT2D eigenvalue weighted by atomic mass is 16.4. The normalized spacial score (nSPS) is 16.2. The Bertz CT molecular complexity index is 1050. The number of nitrogens with two attached hydrogens (primary N) is 1. The van der Waals surface area contributed by atoms with Gasteiger partial charge in [0.15, 0.2) is 0 Å². The maximum Gasteiger partial charge on any atom is 0.348 e. The number of carbonyl (C=O) groups is 6. The molecule has 13 heteroatoms. The van der Waals surface area contributed by atoms with Crippen molar-refractivity contribution >= 4 is 47.5 Å². The average Bonchev–Trinajstić information content (AvgIpc) is 2.99. The number of benzene rings is 1. The van der Waals surface area contributed by atoms with Gasteiger partial charge in [-0.25, -0.2) is 14.6 Å². The fraction of sp³-hybridized carbons (Fsp3) is 0.333. The van der Waals surface area contributed by atoms with Crippen LogP contribution < -0.4 is 16.4 Å². The Morgan fingerprint density at radius 2 is 1.74 bits per heavy atom. The molecular weight excluding hydrogens is 450 g/mol. The molecule has 1 saturated heterocycles. The van der Waals surface area contributed by atoms with Crippen LogP contribution in [0.1, 0.15) is 32.8 Å². The fourth-order valence-electron chi connectivity index (χ4n) is 3.20. The van der Waals surface area contributed by atoms with Crippen LogP contribution in [0.2, 0.25) is 0 Å². The first-order chi connectivity index (χ1) is 15.8. The van der Waals surface area contributed by atoms with Crippen LogP contribution >= 0.6 is 0 Å². The number of rotatable bonds is 9. The van der Waals surface area contributed by atoms with Gasteiger partial charge in [-0.2, -0.15) is 5.01 Å². The van der Waals surface area contributed by atoms with E-state index in [2.05, 4.69) is 10.6 Å². The number of carboxylic acids is 2. The molecule has 34 heavy (non-hydrogen) atoms. The number of imide groups is 1. The smallest absolute Gasteiger partial charge is 0.348 e. The van der Waals surface area contributed by atoms with Gasteiger partial charge in [0.2, 0.25) is 11.8 Å². The van der Waals surface area contributed by atoms with E-state index in [0.29, 0.717) is 21.3 Å². The molecule has 5 amide bonds. The topological polar surface area (TPSA) is 199 Å². The number of carboxylic acid groups (broad SMARTS) is 2. The van der Waals surface area contributed by atoms with E-state index in [1.54, 1.807) is 24.3 Å². The second-order valence-electron chi connectivity index (χ2n) is 7.82. The number of amides is 5. The van der Waals surface area contributed by atoms with Crippen molar-refractivity contribution in [3.63, 3.8) is 0 Å². The predicted octanol–water partition coefficient (Wildman–Crippen LogP) is -0.00630. The third kappa shape index (κ3) is 5.88. The van der Waals surface area contributed by atoms with Crippen molar-refractivity contribution in [2.45, 2.75) is 39.3 Å². The molecule has 2 atom stereocenters. The molecule has 0 radical (unpaired) electrons. The summed E-state index contributed by atoms with van der Waals surface area (Å²) in [7, 11) is 0. The van der Waals surface area contributed by atoms with Crippen molar-refractivity contribution in [3.05, 3.63) is 35.5 Å². The quantitative estimate of drug-likeness (QED) is 0.185. The summed E-state index contributed by atoms with van der Waals surface area (Å²) in [6.07, 6.45) is 0.313. The molecule has 0 aliphatic carbocycles. The molecule has 1 heterocycles. The van der Waals surface area contributed by atoms with Gasteiger partial charge in [-0.1, -0.05) is 26.0 Å². The van der Waals surface area contributed by atoms with Crippen LogP contribution in [-0.4, -0.2) is 68.0 Å². The Kier molecular flexibility index (Phi) is 7.95. The number of nitrogens with one attached hydrogen (secondary N) is 2. The van der Waals surface area contributed by atoms with Crippen molar-refractivity contribution < 1.29 is 39.0 Å². The molecule has 1 aromatic carbocycles. The van der Waals surface area contributed by atoms with Crippen LogP contribution in [0.5, 0.6) is 0 Å². The molecule has 1 aromatic rings. The number of nitrogen functional groups attached to an aromatic ring is 1. The number of anilines is 1. The SMILES string of the molecule is CC(=O)N([C@@H](CC(=O)O)C(=O)N[C@H](C(=O)O)C(C)C)N1C(=O)NC(=Cc2ccc(N)cc2)C1=O. The standard InChI is InChI=1S/C21H25N5O8/c1-10(2)17(20(32)33)24-18(30)15(9-16(28)29)25(11(3)27)26-19(31)14(23-21(26)34)8-12-4-6-13(22)7-5-12/h4-8,10,15,17H,9,22H2,1-3H3,(H,23,34)(H,24,30)(H,28,29)(H,32,33)/t15-,17-/m0/s1. The lowest BCUT2D eigenvalue weighted by atomic mass is 10.0. The van der Waals surface area contributed by atoms with Crippen molar-refractivity contribution in [2.24, 2.45) is 5.92 Å². The minimum Gasteiger partial charge on any atom is -0.481 e. The molecule has 0 saturated carbocycles. The first-order valence-electron chi connectivity index (χ1n) is 10.1. The minimum absolute atomic E-state index is 0.235. The van der Waals surface area contributed by atoms with E-state index in [0.717, 1.165) is 6.92 Å². The molecular formula is C21H25N5O8. The van der Waals surface area contributed by atoms with E-state index in [-0.39, 0.29) is 5.70 Å². The summed E-state index contributed by atoms with van der Waals surface area (Å²) in [5, 5.41) is 23.8. The van der Waals surface area contributed by atoms with E-state index in [4.69, 9.17) is 5.73 Å². The molecule has 6 N–H and O–H groups in total. The Morgan fingerprint density at radius 1 is 1.15 bits per heavy atom. The van der Waals surface area contributed by atoms with E-state index in [1.807, 2.05) is 0 Å². The van der Waals surface area contributed by atoms with Gasteiger partial charge in [-0.05, 0) is 29.7 Å². The second kappa shape index (κ2) is 10.5. The molecule has 2 rings (SSSR count). The van der Waals surface area contributed by atoms with Gasteiger partial charge in [-0.3, -0.25) is 19.2 Å². The van der Waals surface area contributed by atoms with E-state index in [1.165, 1.54) is 19.9 Å². The number of hydrogen-bond donors (Lipinski definition) is 5. The summed E-state index contributed by atoms with van der Waals surface area (Å²) in [6.45, 7) is 3.96. The molecule has 1 aliphatic heterocycles. The average molecular weight is 475 g/mol. The number of hydrogen-bond acceptors (Lipinski definition) is 7. The van der Waals surface area contributed by atoms with Crippen molar-refractivity contribution in [3.8, 4) is 0 Å². The van der Waals surface area contributed by atoms with Gasteiger partial charge in [0, 0.05) is 12.6 Å². The van der Waals surface area contributed by atoms with E-state index in [9.17, 15) is 39.0 Å². The third-order valence-corrected chi connectivity index (χ3v) is 4.84. The summed E-state index contributed by atoms with van der Waals surface area (Å²) >= 11 is 0. The molecule has 0 bridgehead atoms. The fourth-order valence-corrected chi connectivity index (χ4v) is 3.20. The highest BCUT2D eigenvalue weighted by Gasteiger charge is 2.45. The number of urea groups is 1. The molecule has 13 nitrogen and oxygen atoms in total. The van der Waals surface area contributed by atoms with E-state index >= 15 is 0 Å². The zero-order valence-electron chi connectivity index (χ0n) is 18.6. The predicted molar refractivity (Wildman–Crippen MR) is 117 cm³/mol. The van der Waals surface area contributed by atoms with Gasteiger partial charge in [0.25, 0.3) is 5.91 Å². The number of hydrazine groups is 1. The van der Waals surface area contributed by atoms with Crippen LogP contribution in [-0.2, 0) is 24.0 Å².